The number of amides is 2. The van der Waals surface area contributed by atoms with Crippen molar-refractivity contribution in [1.29, 1.82) is 0 Å². The molecule has 0 aliphatic carbocycles. The molecule has 0 spiro atoms. The number of primary amides is 1. The van der Waals surface area contributed by atoms with Crippen LogP contribution in [0.1, 0.15) is 34.5 Å². The number of alkyl halides is 3. The molecule has 0 bridgehead atoms. The van der Waals surface area contributed by atoms with Gasteiger partial charge in [0.25, 0.3) is 5.91 Å². The highest BCUT2D eigenvalue weighted by molar-refractivity contribution is 5.95. The zero-order valence-electron chi connectivity index (χ0n) is 22.0. The Morgan fingerprint density at radius 2 is 1.88 bits per heavy atom. The molecule has 2 amide bonds. The van der Waals surface area contributed by atoms with Gasteiger partial charge < -0.3 is 30.4 Å². The van der Waals surface area contributed by atoms with Gasteiger partial charge in [0.05, 0.1) is 19.4 Å². The molecule has 9 nitrogen and oxygen atoms in total. The van der Waals surface area contributed by atoms with E-state index in [1.807, 2.05) is 0 Å². The van der Waals surface area contributed by atoms with Crippen LogP contribution in [-0.4, -0.2) is 61.6 Å². The number of pyridine rings is 1. The van der Waals surface area contributed by atoms with Crippen molar-refractivity contribution < 1.29 is 46.5 Å². The van der Waals surface area contributed by atoms with Crippen LogP contribution >= 0.6 is 0 Å². The second kappa shape index (κ2) is 11.6. The quantitative estimate of drug-likeness (QED) is 0.314. The summed E-state index contributed by atoms with van der Waals surface area (Å²) in [6, 6.07) is 10.0. The highest BCUT2D eigenvalue weighted by atomic mass is 19.4. The third-order valence-electron chi connectivity index (χ3n) is 6.75. The molecule has 0 saturated carbocycles. The van der Waals surface area contributed by atoms with Crippen molar-refractivity contribution >= 4 is 11.8 Å². The Morgan fingerprint density at radius 1 is 1.17 bits per heavy atom. The minimum atomic E-state index is -4.86. The number of hydrogen-bond acceptors (Lipinski definition) is 7. The van der Waals surface area contributed by atoms with Gasteiger partial charge in [-0.2, -0.15) is 13.2 Å². The third kappa shape index (κ3) is 6.04. The number of nitrogens with one attached hydrogen (secondary N) is 1. The Kier molecular flexibility index (Phi) is 8.38. The predicted octanol–water partition coefficient (Wildman–Crippen LogP) is 3.48. The summed E-state index contributed by atoms with van der Waals surface area (Å²) >= 11 is 0. The number of ether oxygens (including phenoxy) is 3. The molecule has 2 atom stereocenters. The Bertz CT molecular complexity index is 1450. The van der Waals surface area contributed by atoms with Crippen molar-refractivity contribution in [3.63, 3.8) is 0 Å². The van der Waals surface area contributed by atoms with Gasteiger partial charge in [0.15, 0.2) is 11.5 Å². The Hall–Kier alpha value is -4.39. The van der Waals surface area contributed by atoms with E-state index in [1.54, 1.807) is 0 Å². The minimum absolute atomic E-state index is 0.00254. The van der Waals surface area contributed by atoms with Gasteiger partial charge in [-0.15, -0.1) is 0 Å². The van der Waals surface area contributed by atoms with E-state index in [0.29, 0.717) is 0 Å². The lowest BCUT2D eigenvalue weighted by molar-refractivity contribution is -0.149. The molecule has 218 valence electrons. The number of halogens is 4. The summed E-state index contributed by atoms with van der Waals surface area (Å²) in [7, 11) is 1.32. The summed E-state index contributed by atoms with van der Waals surface area (Å²) < 4.78 is 73.0. The lowest BCUT2D eigenvalue weighted by atomic mass is 9.82. The zero-order chi connectivity index (χ0) is 29.9. The zero-order valence-corrected chi connectivity index (χ0v) is 22.0. The van der Waals surface area contributed by atoms with Crippen molar-refractivity contribution in [3.05, 3.63) is 71.2 Å². The molecule has 3 aromatic rings. The van der Waals surface area contributed by atoms with Crippen molar-refractivity contribution in [2.24, 2.45) is 5.73 Å². The second-order valence-electron chi connectivity index (χ2n) is 9.51. The fraction of sp³-hybridized carbons (Fsp3) is 0.321. The number of nitrogens with zero attached hydrogens (tertiary/aromatic N) is 1. The summed E-state index contributed by atoms with van der Waals surface area (Å²) in [6.45, 7) is 0.0583. The van der Waals surface area contributed by atoms with Gasteiger partial charge in [0, 0.05) is 23.2 Å². The largest absolute Gasteiger partial charge is 0.493 e. The van der Waals surface area contributed by atoms with E-state index < -0.39 is 47.4 Å². The van der Waals surface area contributed by atoms with Crippen molar-refractivity contribution in [2.45, 2.75) is 24.4 Å². The smallest absolute Gasteiger partial charge is 0.398 e. The number of carbonyl (C=O) groups is 2. The molecule has 4 N–H and O–H groups in total. The molecule has 1 aliphatic rings. The van der Waals surface area contributed by atoms with Gasteiger partial charge in [0.1, 0.15) is 41.8 Å². The summed E-state index contributed by atoms with van der Waals surface area (Å²) in [4.78, 5) is 29.4. The molecule has 0 saturated heterocycles. The predicted molar refractivity (Wildman–Crippen MR) is 138 cm³/mol. The van der Waals surface area contributed by atoms with Gasteiger partial charge in [-0.05, 0) is 55.5 Å². The lowest BCUT2D eigenvalue weighted by Crippen LogP contribution is -2.40. The van der Waals surface area contributed by atoms with Crippen LogP contribution in [0.4, 0.5) is 17.6 Å². The van der Waals surface area contributed by atoms with Crippen LogP contribution < -0.4 is 25.3 Å². The maximum atomic E-state index is 14.4. The lowest BCUT2D eigenvalue weighted by Gasteiger charge is -2.24. The fourth-order valence-corrected chi connectivity index (χ4v) is 4.36. The van der Waals surface area contributed by atoms with E-state index in [9.17, 15) is 27.2 Å². The van der Waals surface area contributed by atoms with E-state index >= 15 is 0 Å². The van der Waals surface area contributed by atoms with Gasteiger partial charge in [-0.1, -0.05) is 0 Å². The molecule has 41 heavy (non-hydrogen) atoms. The highest BCUT2D eigenvalue weighted by Gasteiger charge is 2.47. The number of rotatable bonds is 10. The molecular weight excluding hydrogens is 550 g/mol. The van der Waals surface area contributed by atoms with Crippen molar-refractivity contribution in [3.8, 4) is 28.5 Å². The number of methoxy groups -OCH3 is 1. The van der Waals surface area contributed by atoms with Crippen LogP contribution in [0.3, 0.4) is 0 Å². The first-order valence-corrected chi connectivity index (χ1v) is 12.4. The summed E-state index contributed by atoms with van der Waals surface area (Å²) in [5, 5.41) is 11.2. The molecule has 2 aromatic carbocycles. The monoisotopic (exact) mass is 577 g/mol. The van der Waals surface area contributed by atoms with E-state index in [0.717, 1.165) is 18.2 Å². The van der Waals surface area contributed by atoms with Crippen LogP contribution in [0.2, 0.25) is 0 Å². The average Bonchev–Trinajstić information content (AvgIpc) is 3.29. The summed E-state index contributed by atoms with van der Waals surface area (Å²) in [6.07, 6.45) is -4.86. The molecule has 1 aliphatic heterocycles. The fourth-order valence-electron chi connectivity index (χ4n) is 4.36. The maximum Gasteiger partial charge on any atom is 0.398 e. The van der Waals surface area contributed by atoms with Gasteiger partial charge in [-0.25, -0.2) is 9.37 Å². The maximum absolute atomic E-state index is 14.4. The van der Waals surface area contributed by atoms with E-state index in [2.05, 4.69) is 10.3 Å². The Balaban J connectivity index is 1.71. The first-order valence-electron chi connectivity index (χ1n) is 12.4. The Morgan fingerprint density at radius 3 is 2.49 bits per heavy atom. The van der Waals surface area contributed by atoms with Crippen LogP contribution in [-0.2, 0) is 10.2 Å². The SMILES string of the molecule is COc1cc(C(=O)NC[C@H](c2cc3c(c(-c4ccc(F)cc4)n2)OC[C@]3(C)C(N)=O)C(F)(F)F)ccc1OCCO. The number of carbonyl (C=O) groups excluding carboxylic acids is 2. The standard InChI is InChI=1S/C28H27F4N3O6/c1-27(26(33)38)14-41-24-18(27)12-20(35-23(24)15-3-6-17(29)7-4-15)19(28(30,31)32)13-34-25(37)16-5-8-21(40-10-9-36)22(11-16)39-2/h3-8,11-12,19,36H,9-10,13-14H2,1-2H3,(H2,33,38)(H,34,37)/t19-,27+/m1/s1. The minimum Gasteiger partial charge on any atom is -0.493 e. The third-order valence-corrected chi connectivity index (χ3v) is 6.75. The highest BCUT2D eigenvalue weighted by Crippen LogP contribution is 2.46. The molecule has 1 aromatic heterocycles. The molecule has 13 heteroatoms. The molecular formula is C28H27F4N3O6. The number of benzene rings is 2. The van der Waals surface area contributed by atoms with Gasteiger partial charge in [-0.3, -0.25) is 9.59 Å². The molecule has 0 fully saturated rings. The topological polar surface area (TPSA) is 133 Å². The second-order valence-corrected chi connectivity index (χ2v) is 9.51. The number of nitrogens with two attached hydrogens (primary N) is 1. The number of aromatic nitrogens is 1. The van der Waals surface area contributed by atoms with E-state index in [-0.39, 0.29) is 59.5 Å². The number of aliphatic hydroxyl groups is 1. The van der Waals surface area contributed by atoms with Gasteiger partial charge >= 0.3 is 6.18 Å². The number of hydrogen-bond donors (Lipinski definition) is 3. The first kappa shape index (κ1) is 29.6. The molecule has 0 radical (unpaired) electrons. The van der Waals surface area contributed by atoms with E-state index in [4.69, 9.17) is 25.1 Å². The first-order chi connectivity index (χ1) is 19.4. The van der Waals surface area contributed by atoms with Gasteiger partial charge in [0.2, 0.25) is 5.91 Å². The number of aliphatic hydroxyl groups excluding tert-OH is 1. The van der Waals surface area contributed by atoms with Crippen LogP contribution in [0.25, 0.3) is 11.3 Å². The molecule has 4 rings (SSSR count). The molecule has 0 unspecified atom stereocenters. The van der Waals surface area contributed by atoms with Crippen molar-refractivity contribution in [2.75, 3.05) is 33.5 Å². The van der Waals surface area contributed by atoms with Crippen molar-refractivity contribution in [1.82, 2.24) is 10.3 Å². The summed E-state index contributed by atoms with van der Waals surface area (Å²) in [5.74, 6) is -4.03. The number of fused-ring (bicyclic) bond motifs is 1. The van der Waals surface area contributed by atoms with Crippen LogP contribution in [0.5, 0.6) is 17.2 Å². The average molecular weight is 578 g/mol. The molecule has 2 heterocycles. The summed E-state index contributed by atoms with van der Waals surface area (Å²) in [5.41, 5.74) is 4.01. The normalized spacial score (nSPS) is 16.9. The van der Waals surface area contributed by atoms with E-state index in [1.165, 1.54) is 44.4 Å². The Labute approximate surface area is 232 Å². The van der Waals surface area contributed by atoms with Crippen LogP contribution in [0, 0.1) is 5.82 Å². The van der Waals surface area contributed by atoms with Crippen LogP contribution in [0.15, 0.2) is 48.5 Å².